The van der Waals surface area contributed by atoms with Gasteiger partial charge in [-0.15, -0.1) is 0 Å². The molecule has 0 spiro atoms. The molecule has 0 saturated heterocycles. The summed E-state index contributed by atoms with van der Waals surface area (Å²) in [6, 6.07) is 5.34. The second kappa shape index (κ2) is 7.35. The first-order chi connectivity index (χ1) is 9.34. The van der Waals surface area contributed by atoms with Gasteiger partial charge in [-0.25, -0.2) is 17.1 Å². The molecule has 0 atom stereocenters. The molecule has 112 valence electrons. The van der Waals surface area contributed by atoms with Crippen molar-refractivity contribution in [2.45, 2.75) is 13.3 Å². The second-order valence-corrected chi connectivity index (χ2v) is 6.41. The largest absolute Gasteiger partial charge is 0.351 e. The molecule has 1 rings (SSSR count). The van der Waals surface area contributed by atoms with Gasteiger partial charge in [0.25, 0.3) is 5.91 Å². The fourth-order valence-corrected chi connectivity index (χ4v) is 2.66. The smallest absolute Gasteiger partial charge is 0.251 e. The lowest BCUT2D eigenvalue weighted by atomic mass is 10.2. The predicted octanol–water partition coefficient (Wildman–Crippen LogP) is 1.23. The highest BCUT2D eigenvalue weighted by molar-refractivity contribution is 7.88. The van der Waals surface area contributed by atoms with Gasteiger partial charge in [0, 0.05) is 25.2 Å². The number of benzene rings is 1. The van der Waals surface area contributed by atoms with E-state index in [9.17, 15) is 17.6 Å². The van der Waals surface area contributed by atoms with Crippen molar-refractivity contribution in [2.24, 2.45) is 0 Å². The summed E-state index contributed by atoms with van der Waals surface area (Å²) >= 11 is 0. The maximum Gasteiger partial charge on any atom is 0.251 e. The van der Waals surface area contributed by atoms with Crippen LogP contribution in [0.4, 0.5) is 4.39 Å². The van der Waals surface area contributed by atoms with Crippen LogP contribution in [0, 0.1) is 5.82 Å². The lowest BCUT2D eigenvalue weighted by Crippen LogP contribution is -2.38. The molecule has 0 aliphatic rings. The summed E-state index contributed by atoms with van der Waals surface area (Å²) in [7, 11) is -3.27. The van der Waals surface area contributed by atoms with E-state index in [0.29, 0.717) is 13.0 Å². The Morgan fingerprint density at radius 2 is 2.05 bits per heavy atom. The van der Waals surface area contributed by atoms with Crippen molar-refractivity contribution in [3.63, 3.8) is 0 Å². The van der Waals surface area contributed by atoms with Gasteiger partial charge in [-0.2, -0.15) is 0 Å². The van der Waals surface area contributed by atoms with Crippen LogP contribution < -0.4 is 5.32 Å². The molecule has 0 aliphatic heterocycles. The van der Waals surface area contributed by atoms with Gasteiger partial charge in [0.05, 0.1) is 6.26 Å². The van der Waals surface area contributed by atoms with Crippen LogP contribution in [0.2, 0.25) is 0 Å². The number of amides is 1. The molecule has 7 heteroatoms. The van der Waals surface area contributed by atoms with E-state index in [1.54, 1.807) is 0 Å². The summed E-state index contributed by atoms with van der Waals surface area (Å²) in [5.74, 6) is -0.907. The average molecular weight is 302 g/mol. The molecular weight excluding hydrogens is 283 g/mol. The van der Waals surface area contributed by atoms with Crippen LogP contribution in [0.25, 0.3) is 0 Å². The van der Waals surface area contributed by atoms with Crippen molar-refractivity contribution >= 4 is 15.9 Å². The van der Waals surface area contributed by atoms with E-state index in [4.69, 9.17) is 0 Å². The molecule has 0 fully saturated rings. The highest BCUT2D eigenvalue weighted by Gasteiger charge is 2.15. The van der Waals surface area contributed by atoms with E-state index in [-0.39, 0.29) is 18.7 Å². The number of carbonyl (C=O) groups excluding carboxylic acids is 1. The second-order valence-electron chi connectivity index (χ2n) is 4.43. The van der Waals surface area contributed by atoms with Crippen LogP contribution in [0.15, 0.2) is 24.3 Å². The Kier molecular flexibility index (Phi) is 6.09. The Morgan fingerprint density at radius 3 is 2.60 bits per heavy atom. The van der Waals surface area contributed by atoms with E-state index in [2.05, 4.69) is 5.32 Å². The van der Waals surface area contributed by atoms with Gasteiger partial charge in [-0.3, -0.25) is 4.79 Å². The summed E-state index contributed by atoms with van der Waals surface area (Å²) < 4.78 is 37.2. The molecule has 0 heterocycles. The first kappa shape index (κ1) is 16.6. The first-order valence-corrected chi connectivity index (χ1v) is 8.18. The van der Waals surface area contributed by atoms with Gasteiger partial charge >= 0.3 is 0 Å². The van der Waals surface area contributed by atoms with Crippen molar-refractivity contribution in [3.8, 4) is 0 Å². The van der Waals surface area contributed by atoms with Crippen molar-refractivity contribution in [3.05, 3.63) is 35.6 Å². The van der Waals surface area contributed by atoms with Gasteiger partial charge in [0.15, 0.2) is 0 Å². The van der Waals surface area contributed by atoms with E-state index in [1.807, 2.05) is 6.92 Å². The Bertz CT molecular complexity index is 560. The number of nitrogens with one attached hydrogen (secondary N) is 1. The van der Waals surface area contributed by atoms with Gasteiger partial charge in [0.1, 0.15) is 5.82 Å². The van der Waals surface area contributed by atoms with Crippen molar-refractivity contribution < 1.29 is 17.6 Å². The Hall–Kier alpha value is -1.47. The van der Waals surface area contributed by atoms with E-state index < -0.39 is 21.7 Å². The third-order valence-corrected chi connectivity index (χ3v) is 3.98. The molecule has 0 bridgehead atoms. The van der Waals surface area contributed by atoms with Crippen molar-refractivity contribution in [2.75, 3.05) is 25.9 Å². The third kappa shape index (κ3) is 5.26. The number of sulfonamides is 1. The van der Waals surface area contributed by atoms with Crippen molar-refractivity contribution in [1.29, 1.82) is 0 Å². The summed E-state index contributed by atoms with van der Waals surface area (Å²) in [6.45, 7) is 2.67. The van der Waals surface area contributed by atoms with Gasteiger partial charge < -0.3 is 5.32 Å². The number of hydrogen-bond donors (Lipinski definition) is 1. The molecule has 1 amide bonds. The SMILES string of the molecule is CCCN(CCNC(=O)c1cccc(F)c1)S(C)(=O)=O. The van der Waals surface area contributed by atoms with Gasteiger partial charge in [-0.05, 0) is 24.6 Å². The van der Waals surface area contributed by atoms with Crippen LogP contribution in [-0.4, -0.2) is 44.5 Å². The van der Waals surface area contributed by atoms with Gasteiger partial charge in [0.2, 0.25) is 10.0 Å². The molecule has 1 N–H and O–H groups in total. The van der Waals surface area contributed by atoms with E-state index in [1.165, 1.54) is 22.5 Å². The Morgan fingerprint density at radius 1 is 1.35 bits per heavy atom. The minimum Gasteiger partial charge on any atom is -0.351 e. The number of rotatable bonds is 7. The Balaban J connectivity index is 2.53. The van der Waals surface area contributed by atoms with Crippen LogP contribution in [0.1, 0.15) is 23.7 Å². The predicted molar refractivity (Wildman–Crippen MR) is 75.4 cm³/mol. The molecule has 5 nitrogen and oxygen atoms in total. The molecule has 0 saturated carbocycles. The minimum absolute atomic E-state index is 0.183. The maximum absolute atomic E-state index is 13.0. The van der Waals surface area contributed by atoms with E-state index in [0.717, 1.165) is 12.3 Å². The standard InChI is InChI=1S/C13H19FN2O3S/c1-3-8-16(20(2,18)19)9-7-15-13(17)11-5-4-6-12(14)10-11/h4-6,10H,3,7-9H2,1-2H3,(H,15,17). The molecular formula is C13H19FN2O3S. The van der Waals surface area contributed by atoms with Gasteiger partial charge in [-0.1, -0.05) is 13.0 Å². The fourth-order valence-electron chi connectivity index (χ4n) is 1.72. The minimum atomic E-state index is -3.27. The monoisotopic (exact) mass is 302 g/mol. The zero-order valence-corrected chi connectivity index (χ0v) is 12.4. The van der Waals surface area contributed by atoms with Crippen LogP contribution in [0.3, 0.4) is 0 Å². The first-order valence-electron chi connectivity index (χ1n) is 6.33. The lowest BCUT2D eigenvalue weighted by Gasteiger charge is -2.19. The molecule has 0 aliphatic carbocycles. The molecule has 1 aromatic rings. The summed E-state index contributed by atoms with van der Waals surface area (Å²) in [6.07, 6.45) is 1.84. The maximum atomic E-state index is 13.0. The fraction of sp³-hybridized carbons (Fsp3) is 0.462. The number of halogens is 1. The third-order valence-electron chi connectivity index (χ3n) is 2.68. The molecule has 0 aromatic heterocycles. The quantitative estimate of drug-likeness (QED) is 0.824. The molecule has 1 aromatic carbocycles. The summed E-state index contributed by atoms with van der Waals surface area (Å²) in [5.41, 5.74) is 0.214. The Labute approximate surface area is 118 Å². The topological polar surface area (TPSA) is 66.5 Å². The highest BCUT2D eigenvalue weighted by atomic mass is 32.2. The lowest BCUT2D eigenvalue weighted by molar-refractivity contribution is 0.0951. The normalized spacial score (nSPS) is 11.6. The summed E-state index contributed by atoms with van der Waals surface area (Å²) in [5, 5.41) is 2.58. The molecule has 0 radical (unpaired) electrons. The number of nitrogens with zero attached hydrogens (tertiary/aromatic N) is 1. The van der Waals surface area contributed by atoms with Crippen LogP contribution >= 0.6 is 0 Å². The molecule has 0 unspecified atom stereocenters. The zero-order valence-electron chi connectivity index (χ0n) is 11.6. The number of carbonyl (C=O) groups is 1. The van der Waals surface area contributed by atoms with Crippen molar-refractivity contribution in [1.82, 2.24) is 9.62 Å². The van der Waals surface area contributed by atoms with Crippen LogP contribution in [0.5, 0.6) is 0 Å². The average Bonchev–Trinajstić information content (AvgIpc) is 2.36. The zero-order chi connectivity index (χ0) is 15.2. The summed E-state index contributed by atoms with van der Waals surface area (Å²) in [4.78, 5) is 11.7. The number of hydrogen-bond acceptors (Lipinski definition) is 3. The highest BCUT2D eigenvalue weighted by Crippen LogP contribution is 2.03. The van der Waals surface area contributed by atoms with Crippen LogP contribution in [-0.2, 0) is 10.0 Å². The van der Waals surface area contributed by atoms with E-state index >= 15 is 0 Å². The molecule has 20 heavy (non-hydrogen) atoms.